The highest BCUT2D eigenvalue weighted by atomic mass is 16.4. The van der Waals surface area contributed by atoms with Crippen LogP contribution >= 0.6 is 0 Å². The molecule has 1 heterocycles. The molecule has 0 spiro atoms. The van der Waals surface area contributed by atoms with Crippen LogP contribution in [0.3, 0.4) is 0 Å². The average Bonchev–Trinajstić information content (AvgIpc) is 2.63. The van der Waals surface area contributed by atoms with Crippen molar-refractivity contribution in [2.75, 3.05) is 0 Å². The van der Waals surface area contributed by atoms with E-state index in [1.807, 2.05) is 18.2 Å². The standard InChI is InChI=1S/C13H17NO2/c1-10-5-6-13(8-10,12(15)16)9-11-4-2-3-7-14-11/h2-4,7,10H,5-6,8-9H2,1H3,(H,15,16). The molecule has 1 aliphatic rings. The zero-order valence-corrected chi connectivity index (χ0v) is 9.52. The molecule has 1 fully saturated rings. The maximum absolute atomic E-state index is 11.4. The Hall–Kier alpha value is -1.38. The fraction of sp³-hybridized carbons (Fsp3) is 0.538. The number of rotatable bonds is 3. The Labute approximate surface area is 95.5 Å². The van der Waals surface area contributed by atoms with Crippen LogP contribution in [0.1, 0.15) is 31.9 Å². The number of aliphatic carboxylic acids is 1. The topological polar surface area (TPSA) is 50.2 Å². The van der Waals surface area contributed by atoms with E-state index in [9.17, 15) is 9.90 Å². The number of nitrogens with zero attached hydrogens (tertiary/aromatic N) is 1. The van der Waals surface area contributed by atoms with Crippen LogP contribution in [0.15, 0.2) is 24.4 Å². The molecule has 0 aromatic carbocycles. The van der Waals surface area contributed by atoms with Gasteiger partial charge in [-0.25, -0.2) is 0 Å². The Morgan fingerprint density at radius 3 is 2.94 bits per heavy atom. The van der Waals surface area contributed by atoms with Gasteiger partial charge in [-0.3, -0.25) is 9.78 Å². The van der Waals surface area contributed by atoms with Gasteiger partial charge in [-0.1, -0.05) is 13.0 Å². The molecule has 0 radical (unpaired) electrons. The van der Waals surface area contributed by atoms with E-state index in [0.29, 0.717) is 12.3 Å². The lowest BCUT2D eigenvalue weighted by Gasteiger charge is -2.23. The van der Waals surface area contributed by atoms with Crippen molar-refractivity contribution in [3.63, 3.8) is 0 Å². The Morgan fingerprint density at radius 1 is 1.62 bits per heavy atom. The van der Waals surface area contributed by atoms with Crippen molar-refractivity contribution in [3.8, 4) is 0 Å². The summed E-state index contributed by atoms with van der Waals surface area (Å²) in [5, 5.41) is 9.42. The second-order valence-corrected chi connectivity index (χ2v) is 4.93. The monoisotopic (exact) mass is 219 g/mol. The molecule has 0 bridgehead atoms. The number of aromatic nitrogens is 1. The van der Waals surface area contributed by atoms with Gasteiger partial charge in [0, 0.05) is 18.3 Å². The summed E-state index contributed by atoms with van der Waals surface area (Å²) in [4.78, 5) is 15.7. The molecule has 0 amide bonds. The van der Waals surface area contributed by atoms with Gasteiger partial charge in [0.25, 0.3) is 0 Å². The molecule has 2 rings (SSSR count). The molecule has 1 aromatic rings. The molecule has 2 unspecified atom stereocenters. The van der Waals surface area contributed by atoms with Crippen molar-refractivity contribution >= 4 is 5.97 Å². The smallest absolute Gasteiger partial charge is 0.310 e. The summed E-state index contributed by atoms with van der Waals surface area (Å²) in [5.74, 6) is -0.151. The van der Waals surface area contributed by atoms with E-state index in [1.165, 1.54) is 0 Å². The first kappa shape index (κ1) is 11.1. The van der Waals surface area contributed by atoms with Crippen LogP contribution in [0.4, 0.5) is 0 Å². The Morgan fingerprint density at radius 2 is 2.44 bits per heavy atom. The largest absolute Gasteiger partial charge is 0.481 e. The van der Waals surface area contributed by atoms with Gasteiger partial charge in [-0.15, -0.1) is 0 Å². The average molecular weight is 219 g/mol. The molecular weight excluding hydrogens is 202 g/mol. The second-order valence-electron chi connectivity index (χ2n) is 4.93. The number of carbonyl (C=O) groups is 1. The predicted molar refractivity (Wildman–Crippen MR) is 61.0 cm³/mol. The quantitative estimate of drug-likeness (QED) is 0.849. The van der Waals surface area contributed by atoms with E-state index in [1.54, 1.807) is 6.20 Å². The normalized spacial score (nSPS) is 29.2. The van der Waals surface area contributed by atoms with Gasteiger partial charge in [-0.2, -0.15) is 0 Å². The highest BCUT2D eigenvalue weighted by molar-refractivity contribution is 5.75. The number of hydrogen-bond acceptors (Lipinski definition) is 2. The molecular formula is C13H17NO2. The lowest BCUT2D eigenvalue weighted by Crippen LogP contribution is -2.31. The van der Waals surface area contributed by atoms with Gasteiger partial charge in [-0.05, 0) is 37.3 Å². The van der Waals surface area contributed by atoms with Gasteiger partial charge < -0.3 is 5.11 Å². The van der Waals surface area contributed by atoms with E-state index >= 15 is 0 Å². The van der Waals surface area contributed by atoms with Crippen molar-refractivity contribution in [2.45, 2.75) is 32.6 Å². The van der Waals surface area contributed by atoms with Gasteiger partial charge in [0.05, 0.1) is 5.41 Å². The lowest BCUT2D eigenvalue weighted by molar-refractivity contribution is -0.148. The lowest BCUT2D eigenvalue weighted by atomic mass is 9.81. The molecule has 1 aliphatic carbocycles. The van der Waals surface area contributed by atoms with E-state index in [2.05, 4.69) is 11.9 Å². The first-order chi connectivity index (χ1) is 7.62. The molecule has 2 atom stereocenters. The predicted octanol–water partition coefficient (Wildman–Crippen LogP) is 2.52. The van der Waals surface area contributed by atoms with E-state index in [-0.39, 0.29) is 0 Å². The van der Waals surface area contributed by atoms with Crippen LogP contribution < -0.4 is 0 Å². The summed E-state index contributed by atoms with van der Waals surface area (Å²) in [6.07, 6.45) is 4.86. The van der Waals surface area contributed by atoms with Crippen molar-refractivity contribution < 1.29 is 9.90 Å². The summed E-state index contributed by atoms with van der Waals surface area (Å²) in [6, 6.07) is 5.68. The maximum Gasteiger partial charge on any atom is 0.310 e. The summed E-state index contributed by atoms with van der Waals surface area (Å²) >= 11 is 0. The third-order valence-corrected chi connectivity index (χ3v) is 3.55. The van der Waals surface area contributed by atoms with Gasteiger partial charge in [0.2, 0.25) is 0 Å². The summed E-state index contributed by atoms with van der Waals surface area (Å²) in [7, 11) is 0. The van der Waals surface area contributed by atoms with Crippen LogP contribution in [-0.2, 0) is 11.2 Å². The summed E-state index contributed by atoms with van der Waals surface area (Å²) < 4.78 is 0. The van der Waals surface area contributed by atoms with E-state index in [4.69, 9.17) is 0 Å². The first-order valence-corrected chi connectivity index (χ1v) is 5.76. The molecule has 1 aromatic heterocycles. The third kappa shape index (κ3) is 2.08. The fourth-order valence-electron chi connectivity index (χ4n) is 2.67. The van der Waals surface area contributed by atoms with Crippen LogP contribution in [0.5, 0.6) is 0 Å². The molecule has 3 heteroatoms. The molecule has 16 heavy (non-hydrogen) atoms. The zero-order chi connectivity index (χ0) is 11.6. The molecule has 1 saturated carbocycles. The minimum atomic E-state index is -0.664. The summed E-state index contributed by atoms with van der Waals surface area (Å²) in [6.45, 7) is 2.13. The second kappa shape index (κ2) is 4.24. The zero-order valence-electron chi connectivity index (χ0n) is 9.52. The minimum absolute atomic E-state index is 0.514. The SMILES string of the molecule is CC1CCC(Cc2ccccn2)(C(=O)O)C1. The minimum Gasteiger partial charge on any atom is -0.481 e. The fourth-order valence-corrected chi connectivity index (χ4v) is 2.67. The van der Waals surface area contributed by atoms with E-state index < -0.39 is 11.4 Å². The van der Waals surface area contributed by atoms with Crippen LogP contribution in [0.25, 0.3) is 0 Å². The molecule has 0 aliphatic heterocycles. The van der Waals surface area contributed by atoms with Crippen LogP contribution in [-0.4, -0.2) is 16.1 Å². The summed E-state index contributed by atoms with van der Waals surface area (Å²) in [5.41, 5.74) is 0.312. The highest BCUT2D eigenvalue weighted by Crippen LogP contribution is 2.44. The third-order valence-electron chi connectivity index (χ3n) is 3.55. The molecule has 0 saturated heterocycles. The number of pyridine rings is 1. The van der Waals surface area contributed by atoms with Crippen molar-refractivity contribution in [1.82, 2.24) is 4.98 Å². The Balaban J connectivity index is 2.19. The maximum atomic E-state index is 11.4. The van der Waals surface area contributed by atoms with E-state index in [0.717, 1.165) is 25.0 Å². The Kier molecular flexibility index (Phi) is 2.95. The molecule has 3 nitrogen and oxygen atoms in total. The number of carboxylic acids is 1. The van der Waals surface area contributed by atoms with Crippen molar-refractivity contribution in [2.24, 2.45) is 11.3 Å². The van der Waals surface area contributed by atoms with Crippen LogP contribution in [0, 0.1) is 11.3 Å². The molecule has 1 N–H and O–H groups in total. The number of hydrogen-bond donors (Lipinski definition) is 1. The highest BCUT2D eigenvalue weighted by Gasteiger charge is 2.44. The van der Waals surface area contributed by atoms with Gasteiger partial charge in [0.15, 0.2) is 0 Å². The molecule has 86 valence electrons. The van der Waals surface area contributed by atoms with Crippen molar-refractivity contribution in [1.29, 1.82) is 0 Å². The number of carboxylic acid groups (broad SMARTS) is 1. The first-order valence-electron chi connectivity index (χ1n) is 5.76. The van der Waals surface area contributed by atoms with Gasteiger partial charge >= 0.3 is 5.97 Å². The van der Waals surface area contributed by atoms with Gasteiger partial charge in [0.1, 0.15) is 0 Å². The van der Waals surface area contributed by atoms with Crippen molar-refractivity contribution in [3.05, 3.63) is 30.1 Å². The van der Waals surface area contributed by atoms with Crippen LogP contribution in [0.2, 0.25) is 0 Å². The Bertz CT molecular complexity index is 377.